The maximum atomic E-state index is 12.2. The van der Waals surface area contributed by atoms with Crippen molar-refractivity contribution in [1.82, 2.24) is 5.32 Å². The first-order valence-corrected chi connectivity index (χ1v) is 8.32. The number of para-hydroxylation sites is 1. The first kappa shape index (κ1) is 16.8. The van der Waals surface area contributed by atoms with Crippen LogP contribution in [-0.4, -0.2) is 25.1 Å². The topological polar surface area (TPSA) is 64.4 Å². The standard InChI is InChI=1S/C18H28N2O2/c1-15(22-16-8-4-2-5-9-16)13-20-17(21)12-18(14-19)10-6-3-7-11-18/h2,4-5,8-9,15H,3,6-7,10-14,19H2,1H3,(H,20,21). The van der Waals surface area contributed by atoms with Gasteiger partial charge in [-0.05, 0) is 43.9 Å². The molecule has 1 aliphatic carbocycles. The van der Waals surface area contributed by atoms with Crippen LogP contribution in [0.2, 0.25) is 0 Å². The molecular weight excluding hydrogens is 276 g/mol. The van der Waals surface area contributed by atoms with Crippen molar-refractivity contribution in [1.29, 1.82) is 0 Å². The summed E-state index contributed by atoms with van der Waals surface area (Å²) in [7, 11) is 0. The molecule has 0 bridgehead atoms. The Morgan fingerprint density at radius 3 is 2.59 bits per heavy atom. The molecule has 122 valence electrons. The molecule has 0 aliphatic heterocycles. The number of nitrogens with two attached hydrogens (primary N) is 1. The smallest absolute Gasteiger partial charge is 0.220 e. The highest BCUT2D eigenvalue weighted by Gasteiger charge is 2.32. The quantitative estimate of drug-likeness (QED) is 0.814. The van der Waals surface area contributed by atoms with Gasteiger partial charge in [-0.15, -0.1) is 0 Å². The van der Waals surface area contributed by atoms with E-state index in [9.17, 15) is 4.79 Å². The lowest BCUT2D eigenvalue weighted by Gasteiger charge is -2.35. The maximum Gasteiger partial charge on any atom is 0.220 e. The van der Waals surface area contributed by atoms with Crippen molar-refractivity contribution in [3.05, 3.63) is 30.3 Å². The zero-order valence-corrected chi connectivity index (χ0v) is 13.5. The predicted molar refractivity (Wildman–Crippen MR) is 88.7 cm³/mol. The first-order valence-electron chi connectivity index (χ1n) is 8.32. The lowest BCUT2D eigenvalue weighted by atomic mass is 9.71. The summed E-state index contributed by atoms with van der Waals surface area (Å²) in [5.74, 6) is 0.922. The minimum atomic E-state index is -0.0495. The summed E-state index contributed by atoms with van der Waals surface area (Å²) >= 11 is 0. The maximum absolute atomic E-state index is 12.2. The summed E-state index contributed by atoms with van der Waals surface area (Å²) in [6, 6.07) is 9.67. The Bertz CT molecular complexity index is 455. The minimum Gasteiger partial charge on any atom is -0.489 e. The lowest BCUT2D eigenvalue weighted by Crippen LogP contribution is -2.40. The molecule has 0 heterocycles. The number of carbonyl (C=O) groups excluding carboxylic acids is 1. The fourth-order valence-electron chi connectivity index (χ4n) is 3.19. The van der Waals surface area contributed by atoms with E-state index in [0.717, 1.165) is 18.6 Å². The highest BCUT2D eigenvalue weighted by molar-refractivity contribution is 5.76. The molecule has 1 atom stereocenters. The third-order valence-electron chi connectivity index (χ3n) is 4.55. The van der Waals surface area contributed by atoms with E-state index in [2.05, 4.69) is 5.32 Å². The van der Waals surface area contributed by atoms with E-state index in [-0.39, 0.29) is 17.4 Å². The number of amides is 1. The van der Waals surface area contributed by atoms with Gasteiger partial charge in [-0.2, -0.15) is 0 Å². The van der Waals surface area contributed by atoms with Crippen LogP contribution in [0.3, 0.4) is 0 Å². The summed E-state index contributed by atoms with van der Waals surface area (Å²) in [5.41, 5.74) is 5.96. The second kappa shape index (κ2) is 8.18. The number of nitrogens with one attached hydrogen (secondary N) is 1. The minimum absolute atomic E-state index is 0.0197. The molecule has 1 unspecified atom stereocenters. The van der Waals surface area contributed by atoms with Crippen molar-refractivity contribution < 1.29 is 9.53 Å². The average molecular weight is 304 g/mol. The van der Waals surface area contributed by atoms with Crippen LogP contribution in [0.25, 0.3) is 0 Å². The molecule has 1 aromatic carbocycles. The second-order valence-electron chi connectivity index (χ2n) is 6.49. The van der Waals surface area contributed by atoms with Crippen LogP contribution in [0.5, 0.6) is 5.75 Å². The van der Waals surface area contributed by atoms with Crippen LogP contribution < -0.4 is 15.8 Å². The Morgan fingerprint density at radius 1 is 1.27 bits per heavy atom. The summed E-state index contributed by atoms with van der Waals surface area (Å²) < 4.78 is 5.77. The predicted octanol–water partition coefficient (Wildman–Crippen LogP) is 2.87. The molecule has 22 heavy (non-hydrogen) atoms. The Balaban J connectivity index is 1.74. The van der Waals surface area contributed by atoms with Gasteiger partial charge < -0.3 is 15.8 Å². The van der Waals surface area contributed by atoms with Gasteiger partial charge in [0, 0.05) is 6.42 Å². The summed E-state index contributed by atoms with van der Waals surface area (Å²) in [6.45, 7) is 3.09. The van der Waals surface area contributed by atoms with Crippen molar-refractivity contribution in [2.45, 2.75) is 51.6 Å². The van der Waals surface area contributed by atoms with Crippen LogP contribution in [0.4, 0.5) is 0 Å². The molecule has 0 aromatic heterocycles. The van der Waals surface area contributed by atoms with Crippen LogP contribution in [0.15, 0.2) is 30.3 Å². The third-order valence-corrected chi connectivity index (χ3v) is 4.55. The van der Waals surface area contributed by atoms with E-state index in [1.54, 1.807) is 0 Å². The largest absolute Gasteiger partial charge is 0.489 e. The van der Waals surface area contributed by atoms with Gasteiger partial charge >= 0.3 is 0 Å². The summed E-state index contributed by atoms with van der Waals surface area (Å²) in [5, 5.41) is 2.99. The molecule has 4 nitrogen and oxygen atoms in total. The van der Waals surface area contributed by atoms with Crippen LogP contribution >= 0.6 is 0 Å². The highest BCUT2D eigenvalue weighted by atomic mass is 16.5. The molecule has 0 spiro atoms. The Labute approximate surface area is 133 Å². The molecule has 1 saturated carbocycles. The molecule has 4 heteroatoms. The monoisotopic (exact) mass is 304 g/mol. The van der Waals surface area contributed by atoms with E-state index >= 15 is 0 Å². The van der Waals surface area contributed by atoms with Gasteiger partial charge in [-0.3, -0.25) is 4.79 Å². The van der Waals surface area contributed by atoms with Crippen LogP contribution in [0, 0.1) is 5.41 Å². The molecule has 1 amide bonds. The Hall–Kier alpha value is -1.55. The van der Waals surface area contributed by atoms with E-state index in [1.165, 1.54) is 19.3 Å². The van der Waals surface area contributed by atoms with Gasteiger partial charge in [-0.1, -0.05) is 37.5 Å². The van der Waals surface area contributed by atoms with E-state index in [4.69, 9.17) is 10.5 Å². The molecular formula is C18H28N2O2. The molecule has 1 aliphatic rings. The average Bonchev–Trinajstić information content (AvgIpc) is 2.55. The van der Waals surface area contributed by atoms with Crippen LogP contribution in [0.1, 0.15) is 45.4 Å². The van der Waals surface area contributed by atoms with Crippen molar-refractivity contribution >= 4 is 5.91 Å². The zero-order valence-electron chi connectivity index (χ0n) is 13.5. The lowest BCUT2D eigenvalue weighted by molar-refractivity contribution is -0.124. The van der Waals surface area contributed by atoms with Gasteiger partial charge in [0.05, 0.1) is 6.54 Å². The third kappa shape index (κ3) is 5.02. The SMILES string of the molecule is CC(CNC(=O)CC1(CN)CCCCC1)Oc1ccccc1. The number of benzene rings is 1. The Morgan fingerprint density at radius 2 is 1.95 bits per heavy atom. The van der Waals surface area contributed by atoms with Gasteiger partial charge in [0.2, 0.25) is 5.91 Å². The van der Waals surface area contributed by atoms with Gasteiger partial charge in [0.25, 0.3) is 0 Å². The summed E-state index contributed by atoms with van der Waals surface area (Å²) in [4.78, 5) is 12.2. The molecule has 0 radical (unpaired) electrons. The Kier molecular flexibility index (Phi) is 6.25. The van der Waals surface area contributed by atoms with Gasteiger partial charge in [0.15, 0.2) is 0 Å². The number of ether oxygens (including phenoxy) is 1. The first-order chi connectivity index (χ1) is 10.6. The highest BCUT2D eigenvalue weighted by Crippen LogP contribution is 2.38. The number of hydrogen-bond donors (Lipinski definition) is 2. The zero-order chi connectivity index (χ0) is 15.8. The van der Waals surface area contributed by atoms with E-state index < -0.39 is 0 Å². The van der Waals surface area contributed by atoms with Gasteiger partial charge in [0.1, 0.15) is 11.9 Å². The fourth-order valence-corrected chi connectivity index (χ4v) is 3.19. The molecule has 0 saturated heterocycles. The molecule has 2 rings (SSSR count). The van der Waals surface area contributed by atoms with Crippen molar-refractivity contribution in [2.75, 3.05) is 13.1 Å². The van der Waals surface area contributed by atoms with Crippen LogP contribution in [-0.2, 0) is 4.79 Å². The fraction of sp³-hybridized carbons (Fsp3) is 0.611. The summed E-state index contributed by atoms with van der Waals surface area (Å²) in [6.07, 6.45) is 6.30. The van der Waals surface area contributed by atoms with Gasteiger partial charge in [-0.25, -0.2) is 0 Å². The molecule has 1 aromatic rings. The van der Waals surface area contributed by atoms with Crippen molar-refractivity contribution in [3.63, 3.8) is 0 Å². The second-order valence-corrected chi connectivity index (χ2v) is 6.49. The van der Waals surface area contributed by atoms with Crippen molar-refractivity contribution in [3.8, 4) is 5.75 Å². The van der Waals surface area contributed by atoms with Crippen molar-refractivity contribution in [2.24, 2.45) is 11.1 Å². The number of rotatable bonds is 7. The molecule has 3 N–H and O–H groups in total. The van der Waals surface area contributed by atoms with E-state index in [0.29, 0.717) is 19.5 Å². The van der Waals surface area contributed by atoms with E-state index in [1.807, 2.05) is 37.3 Å². The molecule has 1 fully saturated rings. The number of hydrogen-bond acceptors (Lipinski definition) is 3. The normalized spacial score (nSPS) is 18.5. The number of carbonyl (C=O) groups is 1.